The molecule has 17 heavy (non-hydrogen) atoms. The summed E-state index contributed by atoms with van der Waals surface area (Å²) in [5.41, 5.74) is 0.927. The Morgan fingerprint density at radius 2 is 2.18 bits per heavy atom. The molecule has 0 saturated heterocycles. The molecule has 1 N–H and O–H groups in total. The van der Waals surface area contributed by atoms with Gasteiger partial charge < -0.3 is 9.73 Å². The zero-order valence-electron chi connectivity index (χ0n) is 9.41. The fourth-order valence-corrected chi connectivity index (χ4v) is 1.93. The van der Waals surface area contributed by atoms with Crippen LogP contribution in [0.4, 0.5) is 4.39 Å². The average molecular weight is 298 g/mol. The lowest BCUT2D eigenvalue weighted by atomic mass is 10.1. The fraction of sp³-hybridized carbons (Fsp3) is 0.231. The SMILES string of the molecule is C[C@@H](NCc1ccc(Br)o1)c1cccc(F)c1. The van der Waals surface area contributed by atoms with Gasteiger partial charge in [0.05, 0.1) is 6.54 Å². The standard InChI is InChI=1S/C13H13BrFNO/c1-9(10-3-2-4-11(15)7-10)16-8-12-5-6-13(14)17-12/h2-7,9,16H,8H2,1H3/t9-/m1/s1. The number of furan rings is 1. The van der Waals surface area contributed by atoms with Gasteiger partial charge in [-0.15, -0.1) is 0 Å². The molecule has 90 valence electrons. The van der Waals surface area contributed by atoms with E-state index in [0.29, 0.717) is 11.2 Å². The Morgan fingerprint density at radius 1 is 1.35 bits per heavy atom. The Balaban J connectivity index is 1.95. The normalized spacial score (nSPS) is 12.6. The molecule has 0 aliphatic carbocycles. The molecule has 1 aromatic heterocycles. The van der Waals surface area contributed by atoms with E-state index in [2.05, 4.69) is 21.2 Å². The van der Waals surface area contributed by atoms with Crippen LogP contribution in [-0.2, 0) is 6.54 Å². The topological polar surface area (TPSA) is 25.2 Å². The molecule has 2 nitrogen and oxygen atoms in total. The summed E-state index contributed by atoms with van der Waals surface area (Å²) in [6.07, 6.45) is 0. The maximum Gasteiger partial charge on any atom is 0.169 e. The van der Waals surface area contributed by atoms with E-state index >= 15 is 0 Å². The fourth-order valence-electron chi connectivity index (χ4n) is 1.59. The number of halogens is 2. The van der Waals surface area contributed by atoms with Crippen LogP contribution in [0.2, 0.25) is 0 Å². The van der Waals surface area contributed by atoms with Crippen LogP contribution in [0.5, 0.6) is 0 Å². The molecule has 2 rings (SSSR count). The van der Waals surface area contributed by atoms with Crippen LogP contribution in [0.15, 0.2) is 45.5 Å². The lowest BCUT2D eigenvalue weighted by molar-refractivity contribution is 0.446. The number of nitrogens with one attached hydrogen (secondary N) is 1. The van der Waals surface area contributed by atoms with Gasteiger partial charge in [0.1, 0.15) is 11.6 Å². The molecular weight excluding hydrogens is 285 g/mol. The van der Waals surface area contributed by atoms with Crippen molar-refractivity contribution < 1.29 is 8.81 Å². The molecular formula is C13H13BrFNO. The first kappa shape index (κ1) is 12.3. The van der Waals surface area contributed by atoms with E-state index in [1.807, 2.05) is 25.1 Å². The molecule has 2 aromatic rings. The van der Waals surface area contributed by atoms with E-state index in [4.69, 9.17) is 4.42 Å². The van der Waals surface area contributed by atoms with Crippen molar-refractivity contribution in [1.82, 2.24) is 5.32 Å². The minimum absolute atomic E-state index is 0.0783. The van der Waals surface area contributed by atoms with Crippen LogP contribution in [0.1, 0.15) is 24.3 Å². The van der Waals surface area contributed by atoms with Crippen LogP contribution in [0, 0.1) is 5.82 Å². The van der Waals surface area contributed by atoms with Crippen molar-refractivity contribution in [3.05, 3.63) is 58.2 Å². The first-order valence-electron chi connectivity index (χ1n) is 5.38. The second-order valence-corrected chi connectivity index (χ2v) is 4.64. The van der Waals surface area contributed by atoms with Crippen LogP contribution in [0.25, 0.3) is 0 Å². The Hall–Kier alpha value is -1.13. The van der Waals surface area contributed by atoms with Crippen molar-refractivity contribution in [3.63, 3.8) is 0 Å². The number of benzene rings is 1. The van der Waals surface area contributed by atoms with Crippen molar-refractivity contribution in [2.24, 2.45) is 0 Å². The lowest BCUT2D eigenvalue weighted by Gasteiger charge is -2.13. The maximum atomic E-state index is 13.0. The molecule has 0 unspecified atom stereocenters. The molecule has 0 aliphatic heterocycles. The Morgan fingerprint density at radius 3 is 2.82 bits per heavy atom. The molecule has 0 saturated carbocycles. The summed E-state index contributed by atoms with van der Waals surface area (Å²) in [5, 5.41) is 3.27. The second-order valence-electron chi connectivity index (χ2n) is 3.86. The smallest absolute Gasteiger partial charge is 0.169 e. The Kier molecular flexibility index (Phi) is 3.97. The average Bonchev–Trinajstić information content (AvgIpc) is 2.72. The van der Waals surface area contributed by atoms with Gasteiger partial charge in [-0.3, -0.25) is 0 Å². The van der Waals surface area contributed by atoms with Gasteiger partial charge in [0, 0.05) is 6.04 Å². The first-order valence-corrected chi connectivity index (χ1v) is 6.17. The summed E-state index contributed by atoms with van der Waals surface area (Å²) in [6, 6.07) is 10.4. The largest absolute Gasteiger partial charge is 0.453 e. The van der Waals surface area contributed by atoms with Crippen molar-refractivity contribution in [2.75, 3.05) is 0 Å². The third-order valence-electron chi connectivity index (χ3n) is 2.56. The molecule has 0 radical (unpaired) electrons. The van der Waals surface area contributed by atoms with Gasteiger partial charge in [-0.05, 0) is 52.7 Å². The molecule has 0 aliphatic rings. The molecule has 0 bridgehead atoms. The van der Waals surface area contributed by atoms with Gasteiger partial charge in [0.25, 0.3) is 0 Å². The molecule has 1 atom stereocenters. The number of hydrogen-bond donors (Lipinski definition) is 1. The predicted octanol–water partition coefficient (Wildman–Crippen LogP) is 4.03. The van der Waals surface area contributed by atoms with E-state index in [1.165, 1.54) is 12.1 Å². The molecule has 1 heterocycles. The molecule has 0 amide bonds. The molecule has 1 aromatic carbocycles. The second kappa shape index (κ2) is 5.47. The van der Waals surface area contributed by atoms with Gasteiger partial charge in [0.15, 0.2) is 4.67 Å². The summed E-state index contributed by atoms with van der Waals surface area (Å²) in [5.74, 6) is 0.636. The monoisotopic (exact) mass is 297 g/mol. The minimum atomic E-state index is -0.211. The zero-order chi connectivity index (χ0) is 12.3. The van der Waals surface area contributed by atoms with E-state index < -0.39 is 0 Å². The quantitative estimate of drug-likeness (QED) is 0.922. The number of hydrogen-bond acceptors (Lipinski definition) is 2. The van der Waals surface area contributed by atoms with Gasteiger partial charge in [-0.25, -0.2) is 4.39 Å². The van der Waals surface area contributed by atoms with E-state index in [-0.39, 0.29) is 11.9 Å². The molecule has 4 heteroatoms. The van der Waals surface area contributed by atoms with Crippen LogP contribution < -0.4 is 5.32 Å². The van der Waals surface area contributed by atoms with Gasteiger partial charge in [-0.2, -0.15) is 0 Å². The Bertz CT molecular complexity index is 498. The Labute approximate surface area is 108 Å². The highest BCUT2D eigenvalue weighted by Gasteiger charge is 2.07. The summed E-state index contributed by atoms with van der Waals surface area (Å²) < 4.78 is 19.1. The van der Waals surface area contributed by atoms with Crippen molar-refractivity contribution in [1.29, 1.82) is 0 Å². The molecule has 0 spiro atoms. The highest BCUT2D eigenvalue weighted by Crippen LogP contribution is 2.17. The van der Waals surface area contributed by atoms with Crippen LogP contribution in [0.3, 0.4) is 0 Å². The van der Waals surface area contributed by atoms with E-state index in [9.17, 15) is 4.39 Å². The lowest BCUT2D eigenvalue weighted by Crippen LogP contribution is -2.17. The summed E-state index contributed by atoms with van der Waals surface area (Å²) in [4.78, 5) is 0. The minimum Gasteiger partial charge on any atom is -0.453 e. The summed E-state index contributed by atoms with van der Waals surface area (Å²) in [6.45, 7) is 2.61. The van der Waals surface area contributed by atoms with Gasteiger partial charge in [-0.1, -0.05) is 12.1 Å². The highest BCUT2D eigenvalue weighted by atomic mass is 79.9. The zero-order valence-corrected chi connectivity index (χ0v) is 11.0. The summed E-state index contributed by atoms with van der Waals surface area (Å²) >= 11 is 3.25. The van der Waals surface area contributed by atoms with Crippen molar-refractivity contribution >= 4 is 15.9 Å². The van der Waals surface area contributed by atoms with Gasteiger partial charge in [0.2, 0.25) is 0 Å². The molecule has 0 fully saturated rings. The summed E-state index contributed by atoms with van der Waals surface area (Å²) in [7, 11) is 0. The number of rotatable bonds is 4. The van der Waals surface area contributed by atoms with E-state index in [1.54, 1.807) is 6.07 Å². The van der Waals surface area contributed by atoms with Crippen LogP contribution >= 0.6 is 15.9 Å². The third kappa shape index (κ3) is 3.41. The predicted molar refractivity (Wildman–Crippen MR) is 68.1 cm³/mol. The van der Waals surface area contributed by atoms with Crippen molar-refractivity contribution in [2.45, 2.75) is 19.5 Å². The van der Waals surface area contributed by atoms with Crippen molar-refractivity contribution in [3.8, 4) is 0 Å². The third-order valence-corrected chi connectivity index (χ3v) is 2.99. The van der Waals surface area contributed by atoms with Crippen LogP contribution in [-0.4, -0.2) is 0 Å². The van der Waals surface area contributed by atoms with Gasteiger partial charge >= 0.3 is 0 Å². The highest BCUT2D eigenvalue weighted by molar-refractivity contribution is 9.10. The van der Waals surface area contributed by atoms with E-state index in [0.717, 1.165) is 11.3 Å². The first-order chi connectivity index (χ1) is 8.15. The maximum absolute atomic E-state index is 13.0.